The zero-order valence-corrected chi connectivity index (χ0v) is 12.1. The van der Waals surface area contributed by atoms with Crippen LogP contribution in [0.5, 0.6) is 0 Å². The quantitative estimate of drug-likeness (QED) is 0.853. The molecule has 0 heterocycles. The van der Waals surface area contributed by atoms with E-state index >= 15 is 0 Å². The van der Waals surface area contributed by atoms with E-state index in [1.165, 1.54) is 22.3 Å². The highest BCUT2D eigenvalue weighted by Crippen LogP contribution is 2.22. The Balaban J connectivity index is 2.24. The van der Waals surface area contributed by atoms with Crippen LogP contribution < -0.4 is 5.32 Å². The molecule has 1 nitrogen and oxygen atoms in total. The maximum Gasteiger partial charge on any atom is 0.00203 e. The molecule has 2 aromatic carbocycles. The molecule has 1 unspecified atom stereocenters. The number of aryl methyl sites for hydroxylation is 2. The molecule has 0 amide bonds. The summed E-state index contributed by atoms with van der Waals surface area (Å²) in [5.41, 5.74) is 5.61. The van der Waals surface area contributed by atoms with E-state index in [2.05, 4.69) is 67.7 Å². The van der Waals surface area contributed by atoms with Crippen LogP contribution in [0.3, 0.4) is 0 Å². The molecule has 0 aliphatic rings. The van der Waals surface area contributed by atoms with Crippen LogP contribution in [0.4, 0.5) is 0 Å². The molecule has 0 saturated carbocycles. The number of nitrogens with one attached hydrogen (secondary N) is 1. The summed E-state index contributed by atoms with van der Waals surface area (Å²) in [4.78, 5) is 0. The molecule has 0 aliphatic carbocycles. The van der Waals surface area contributed by atoms with Gasteiger partial charge in [-0.1, -0.05) is 54.1 Å². The molecule has 0 aliphatic heterocycles. The van der Waals surface area contributed by atoms with Gasteiger partial charge in [0.1, 0.15) is 0 Å². The fourth-order valence-electron chi connectivity index (χ4n) is 2.57. The second kappa shape index (κ2) is 6.53. The summed E-state index contributed by atoms with van der Waals surface area (Å²) in [6, 6.07) is 17.5. The molecule has 0 aromatic heterocycles. The predicted octanol–water partition coefficient (Wildman–Crippen LogP) is 3.85. The molecule has 0 radical (unpaired) electrons. The molecule has 100 valence electrons. The lowest BCUT2D eigenvalue weighted by atomic mass is 9.89. The largest absolute Gasteiger partial charge is 0.319 e. The van der Waals surface area contributed by atoms with Gasteiger partial charge in [0, 0.05) is 12.5 Å². The van der Waals surface area contributed by atoms with Crippen molar-refractivity contribution in [1.29, 1.82) is 0 Å². The Morgan fingerprint density at radius 3 is 2.42 bits per heavy atom. The standard InChI is InChI=1S/C18H23N/c1-14-9-10-15(2)17(11-14)12-18(13-19-3)16-7-5-4-6-8-16/h4-11,18-19H,12-13H2,1-3H3. The van der Waals surface area contributed by atoms with Crippen LogP contribution in [0, 0.1) is 13.8 Å². The third-order valence-corrected chi connectivity index (χ3v) is 3.69. The molecule has 0 saturated heterocycles. The summed E-state index contributed by atoms with van der Waals surface area (Å²) < 4.78 is 0. The van der Waals surface area contributed by atoms with Crippen molar-refractivity contribution in [2.75, 3.05) is 13.6 Å². The highest BCUT2D eigenvalue weighted by molar-refractivity contribution is 5.33. The molecule has 0 fully saturated rings. The molecule has 1 heteroatoms. The molecular weight excluding hydrogens is 230 g/mol. The highest BCUT2D eigenvalue weighted by Gasteiger charge is 2.12. The first-order valence-electron chi connectivity index (χ1n) is 6.96. The van der Waals surface area contributed by atoms with E-state index in [0.29, 0.717) is 5.92 Å². The number of likely N-dealkylation sites (N-methyl/N-ethyl adjacent to an activating group) is 1. The van der Waals surface area contributed by atoms with Gasteiger partial charge in [0.15, 0.2) is 0 Å². The zero-order chi connectivity index (χ0) is 13.7. The van der Waals surface area contributed by atoms with Gasteiger partial charge in [0.2, 0.25) is 0 Å². The van der Waals surface area contributed by atoms with Crippen LogP contribution in [-0.4, -0.2) is 13.6 Å². The minimum absolute atomic E-state index is 0.534. The summed E-state index contributed by atoms with van der Waals surface area (Å²) in [6.45, 7) is 5.38. The third kappa shape index (κ3) is 3.68. The third-order valence-electron chi connectivity index (χ3n) is 3.69. The Bertz CT molecular complexity index is 516. The van der Waals surface area contributed by atoms with E-state index in [1.807, 2.05) is 7.05 Å². The minimum Gasteiger partial charge on any atom is -0.319 e. The van der Waals surface area contributed by atoms with Gasteiger partial charge >= 0.3 is 0 Å². The predicted molar refractivity (Wildman–Crippen MR) is 82.7 cm³/mol. The number of hydrogen-bond acceptors (Lipinski definition) is 1. The Labute approximate surface area is 116 Å². The van der Waals surface area contributed by atoms with Crippen LogP contribution in [-0.2, 0) is 6.42 Å². The fourth-order valence-corrected chi connectivity index (χ4v) is 2.57. The van der Waals surface area contributed by atoms with Crippen molar-refractivity contribution in [2.45, 2.75) is 26.2 Å². The number of rotatable bonds is 5. The Hall–Kier alpha value is -1.60. The average molecular weight is 253 g/mol. The molecule has 1 N–H and O–H groups in total. The minimum atomic E-state index is 0.534. The second-order valence-corrected chi connectivity index (χ2v) is 5.30. The van der Waals surface area contributed by atoms with Crippen LogP contribution in [0.1, 0.15) is 28.2 Å². The fraction of sp³-hybridized carbons (Fsp3) is 0.333. The van der Waals surface area contributed by atoms with E-state index in [0.717, 1.165) is 13.0 Å². The molecule has 19 heavy (non-hydrogen) atoms. The van der Waals surface area contributed by atoms with Crippen molar-refractivity contribution in [2.24, 2.45) is 0 Å². The summed E-state index contributed by atoms with van der Waals surface area (Å²) in [7, 11) is 2.03. The summed E-state index contributed by atoms with van der Waals surface area (Å²) in [5, 5.41) is 3.32. The molecule has 2 rings (SSSR count). The van der Waals surface area contributed by atoms with E-state index in [1.54, 1.807) is 0 Å². The monoisotopic (exact) mass is 253 g/mol. The van der Waals surface area contributed by atoms with Gasteiger partial charge in [0.05, 0.1) is 0 Å². The lowest BCUT2D eigenvalue weighted by Crippen LogP contribution is -2.19. The summed E-state index contributed by atoms with van der Waals surface area (Å²) >= 11 is 0. The lowest BCUT2D eigenvalue weighted by molar-refractivity contribution is 0.624. The molecule has 0 bridgehead atoms. The molecule has 2 aromatic rings. The van der Waals surface area contributed by atoms with Crippen molar-refractivity contribution in [3.05, 3.63) is 70.8 Å². The Morgan fingerprint density at radius 2 is 1.74 bits per heavy atom. The number of benzene rings is 2. The zero-order valence-electron chi connectivity index (χ0n) is 12.1. The van der Waals surface area contributed by atoms with E-state index in [9.17, 15) is 0 Å². The molecular formula is C18H23N. The van der Waals surface area contributed by atoms with Crippen molar-refractivity contribution in [3.8, 4) is 0 Å². The van der Waals surface area contributed by atoms with Crippen LogP contribution in [0.25, 0.3) is 0 Å². The van der Waals surface area contributed by atoms with Crippen LogP contribution in [0.2, 0.25) is 0 Å². The van der Waals surface area contributed by atoms with Gasteiger partial charge in [-0.25, -0.2) is 0 Å². The number of hydrogen-bond donors (Lipinski definition) is 1. The van der Waals surface area contributed by atoms with E-state index < -0.39 is 0 Å². The first-order chi connectivity index (χ1) is 9.20. The van der Waals surface area contributed by atoms with Gasteiger partial charge in [-0.2, -0.15) is 0 Å². The second-order valence-electron chi connectivity index (χ2n) is 5.30. The smallest absolute Gasteiger partial charge is 0.00203 e. The molecule has 0 spiro atoms. The first-order valence-corrected chi connectivity index (χ1v) is 6.96. The highest BCUT2D eigenvalue weighted by atomic mass is 14.8. The van der Waals surface area contributed by atoms with Crippen molar-refractivity contribution < 1.29 is 0 Å². The topological polar surface area (TPSA) is 12.0 Å². The first kappa shape index (κ1) is 13.8. The molecule has 1 atom stereocenters. The average Bonchev–Trinajstić information content (AvgIpc) is 2.43. The normalized spacial score (nSPS) is 12.4. The van der Waals surface area contributed by atoms with Gasteiger partial charge in [0.25, 0.3) is 0 Å². The van der Waals surface area contributed by atoms with Crippen LogP contribution >= 0.6 is 0 Å². The Morgan fingerprint density at radius 1 is 1.00 bits per heavy atom. The SMILES string of the molecule is CNCC(Cc1cc(C)ccc1C)c1ccccc1. The maximum atomic E-state index is 3.32. The summed E-state index contributed by atoms with van der Waals surface area (Å²) in [6.07, 6.45) is 1.10. The van der Waals surface area contributed by atoms with Gasteiger partial charge in [-0.3, -0.25) is 0 Å². The maximum absolute atomic E-state index is 3.32. The van der Waals surface area contributed by atoms with Crippen LogP contribution in [0.15, 0.2) is 48.5 Å². The van der Waals surface area contributed by atoms with Gasteiger partial charge in [-0.05, 0) is 44.0 Å². The summed E-state index contributed by atoms with van der Waals surface area (Å²) in [5.74, 6) is 0.534. The van der Waals surface area contributed by atoms with Crippen molar-refractivity contribution in [1.82, 2.24) is 5.32 Å². The van der Waals surface area contributed by atoms with Crippen molar-refractivity contribution in [3.63, 3.8) is 0 Å². The lowest BCUT2D eigenvalue weighted by Gasteiger charge is -2.19. The van der Waals surface area contributed by atoms with Crippen molar-refractivity contribution >= 4 is 0 Å². The Kier molecular flexibility index (Phi) is 4.75. The van der Waals surface area contributed by atoms with Gasteiger partial charge < -0.3 is 5.32 Å². The van der Waals surface area contributed by atoms with E-state index in [-0.39, 0.29) is 0 Å². The van der Waals surface area contributed by atoms with E-state index in [4.69, 9.17) is 0 Å². The van der Waals surface area contributed by atoms with Gasteiger partial charge in [-0.15, -0.1) is 0 Å².